The van der Waals surface area contributed by atoms with Crippen LogP contribution in [0.15, 0.2) is 60.7 Å². The minimum Gasteiger partial charge on any atom is -0.462 e. The molecule has 1 aliphatic heterocycles. The molecule has 0 aromatic heterocycles. The van der Waals surface area contributed by atoms with Crippen molar-refractivity contribution in [1.82, 2.24) is 10.2 Å². The summed E-state index contributed by atoms with van der Waals surface area (Å²) < 4.78 is 5.10. The molecule has 1 atom stereocenters. The van der Waals surface area contributed by atoms with Gasteiger partial charge >= 0.3 is 5.97 Å². The maximum Gasteiger partial charge on any atom is 0.328 e. The van der Waals surface area contributed by atoms with E-state index in [1.54, 1.807) is 30.3 Å². The van der Waals surface area contributed by atoms with E-state index in [4.69, 9.17) is 4.74 Å². The summed E-state index contributed by atoms with van der Waals surface area (Å²) in [6.45, 7) is 1.30. The Morgan fingerprint density at radius 2 is 1.59 bits per heavy atom. The van der Waals surface area contributed by atoms with Crippen LogP contribution >= 0.6 is 0 Å². The molecule has 148 valence electrons. The maximum absolute atomic E-state index is 12.3. The molecule has 29 heavy (non-hydrogen) atoms. The lowest BCUT2D eigenvalue weighted by Crippen LogP contribution is -2.40. The number of amides is 3. The number of benzene rings is 2. The standard InChI is InChI=1S/C22H20N2O5/c1-15(23-19(25)12-11-16-7-3-2-4-8-16)22(28)29-14-13-24-20(26)17-9-5-6-10-18(17)21(24)27/h2-12,15H,13-14H2,1H3,(H,23,25)/b12-11+/t15-/m0/s1. The van der Waals surface area contributed by atoms with Gasteiger partial charge in [0.1, 0.15) is 12.6 Å². The van der Waals surface area contributed by atoms with Gasteiger partial charge in [-0.15, -0.1) is 0 Å². The summed E-state index contributed by atoms with van der Waals surface area (Å²) in [5, 5.41) is 2.51. The molecule has 0 fully saturated rings. The largest absolute Gasteiger partial charge is 0.462 e. The highest BCUT2D eigenvalue weighted by molar-refractivity contribution is 6.21. The Labute approximate surface area is 168 Å². The van der Waals surface area contributed by atoms with Crippen LogP contribution in [-0.2, 0) is 14.3 Å². The van der Waals surface area contributed by atoms with Gasteiger partial charge in [-0.3, -0.25) is 19.3 Å². The highest BCUT2D eigenvalue weighted by atomic mass is 16.5. The molecule has 3 amide bonds. The van der Waals surface area contributed by atoms with Gasteiger partial charge in [0.05, 0.1) is 17.7 Å². The monoisotopic (exact) mass is 392 g/mol. The van der Waals surface area contributed by atoms with Gasteiger partial charge in [0.25, 0.3) is 11.8 Å². The number of nitrogens with zero attached hydrogens (tertiary/aromatic N) is 1. The lowest BCUT2D eigenvalue weighted by molar-refractivity contribution is -0.147. The summed E-state index contributed by atoms with van der Waals surface area (Å²) in [5.41, 5.74) is 1.54. The molecule has 1 N–H and O–H groups in total. The van der Waals surface area contributed by atoms with Gasteiger partial charge in [-0.05, 0) is 30.7 Å². The molecule has 0 saturated carbocycles. The molecule has 0 bridgehead atoms. The summed E-state index contributed by atoms with van der Waals surface area (Å²) in [6.07, 6.45) is 2.97. The maximum atomic E-state index is 12.3. The van der Waals surface area contributed by atoms with Crippen molar-refractivity contribution >= 4 is 29.8 Å². The average Bonchev–Trinajstić information content (AvgIpc) is 2.98. The third-order valence-electron chi connectivity index (χ3n) is 4.38. The zero-order chi connectivity index (χ0) is 20.8. The number of hydrogen-bond acceptors (Lipinski definition) is 5. The second-order valence-electron chi connectivity index (χ2n) is 6.45. The number of hydrogen-bond donors (Lipinski definition) is 1. The van der Waals surface area contributed by atoms with Crippen molar-refractivity contribution in [2.75, 3.05) is 13.2 Å². The number of fused-ring (bicyclic) bond motifs is 1. The van der Waals surface area contributed by atoms with E-state index in [1.807, 2.05) is 30.3 Å². The lowest BCUT2D eigenvalue weighted by Gasteiger charge is -2.16. The number of carbonyl (C=O) groups is 4. The summed E-state index contributed by atoms with van der Waals surface area (Å²) >= 11 is 0. The Hall–Kier alpha value is -3.74. The number of rotatable bonds is 7. The summed E-state index contributed by atoms with van der Waals surface area (Å²) in [6, 6.07) is 14.9. The minimum atomic E-state index is -0.870. The number of ether oxygens (including phenoxy) is 1. The van der Waals surface area contributed by atoms with E-state index in [9.17, 15) is 19.2 Å². The van der Waals surface area contributed by atoms with Crippen molar-refractivity contribution in [3.63, 3.8) is 0 Å². The van der Waals surface area contributed by atoms with Gasteiger partial charge in [0.15, 0.2) is 0 Å². The normalized spacial score (nSPS) is 14.0. The minimum absolute atomic E-state index is 0.0489. The molecule has 1 aliphatic rings. The Bertz CT molecular complexity index is 933. The first-order valence-corrected chi connectivity index (χ1v) is 9.13. The first kappa shape index (κ1) is 20.0. The van der Waals surface area contributed by atoms with Gasteiger partial charge < -0.3 is 10.1 Å². The molecule has 0 aliphatic carbocycles. The lowest BCUT2D eigenvalue weighted by atomic mass is 10.1. The molecule has 0 saturated heterocycles. The molecule has 0 radical (unpaired) electrons. The Morgan fingerprint density at radius 1 is 1.00 bits per heavy atom. The first-order valence-electron chi connectivity index (χ1n) is 9.13. The van der Waals surface area contributed by atoms with Crippen LogP contribution in [0.1, 0.15) is 33.2 Å². The van der Waals surface area contributed by atoms with Crippen molar-refractivity contribution < 1.29 is 23.9 Å². The average molecular weight is 392 g/mol. The van der Waals surface area contributed by atoms with Gasteiger partial charge in [-0.1, -0.05) is 42.5 Å². The van der Waals surface area contributed by atoms with Gasteiger partial charge in [-0.25, -0.2) is 4.79 Å². The second-order valence-corrected chi connectivity index (χ2v) is 6.45. The molecule has 1 heterocycles. The summed E-state index contributed by atoms with van der Waals surface area (Å²) in [4.78, 5) is 49.5. The fourth-order valence-electron chi connectivity index (χ4n) is 2.86. The van der Waals surface area contributed by atoms with Crippen LogP contribution in [0.4, 0.5) is 0 Å². The molecule has 7 heteroatoms. The first-order chi connectivity index (χ1) is 14.0. The van der Waals surface area contributed by atoms with Crippen molar-refractivity contribution in [2.45, 2.75) is 13.0 Å². The number of nitrogens with one attached hydrogen (secondary N) is 1. The van der Waals surface area contributed by atoms with E-state index in [0.717, 1.165) is 10.5 Å². The van der Waals surface area contributed by atoms with E-state index in [2.05, 4.69) is 5.32 Å². The quantitative estimate of drug-likeness (QED) is 0.442. The highest BCUT2D eigenvalue weighted by Crippen LogP contribution is 2.21. The van der Waals surface area contributed by atoms with Crippen molar-refractivity contribution in [3.05, 3.63) is 77.4 Å². The number of imide groups is 1. The molecular weight excluding hydrogens is 372 g/mol. The fraction of sp³-hybridized carbons (Fsp3) is 0.182. The predicted molar refractivity (Wildman–Crippen MR) is 106 cm³/mol. The Morgan fingerprint density at radius 3 is 2.21 bits per heavy atom. The smallest absolute Gasteiger partial charge is 0.328 e. The predicted octanol–water partition coefficient (Wildman–Crippen LogP) is 2.04. The molecule has 3 rings (SSSR count). The van der Waals surface area contributed by atoms with E-state index >= 15 is 0 Å². The van der Waals surface area contributed by atoms with E-state index in [0.29, 0.717) is 11.1 Å². The molecular formula is C22H20N2O5. The van der Waals surface area contributed by atoms with Crippen LogP contribution in [0.25, 0.3) is 6.08 Å². The third kappa shape index (κ3) is 4.76. The molecule has 2 aromatic carbocycles. The molecule has 0 unspecified atom stereocenters. The van der Waals surface area contributed by atoms with Crippen LogP contribution < -0.4 is 5.32 Å². The van der Waals surface area contributed by atoms with Gasteiger partial charge in [0, 0.05) is 6.08 Å². The number of carbonyl (C=O) groups excluding carboxylic acids is 4. The molecule has 2 aromatic rings. The topological polar surface area (TPSA) is 92.8 Å². The van der Waals surface area contributed by atoms with Gasteiger partial charge in [0.2, 0.25) is 5.91 Å². The zero-order valence-electron chi connectivity index (χ0n) is 15.8. The van der Waals surface area contributed by atoms with E-state index in [1.165, 1.54) is 13.0 Å². The van der Waals surface area contributed by atoms with E-state index < -0.39 is 29.7 Å². The Balaban J connectivity index is 1.45. The van der Waals surface area contributed by atoms with E-state index in [-0.39, 0.29) is 13.2 Å². The van der Waals surface area contributed by atoms with Gasteiger partial charge in [-0.2, -0.15) is 0 Å². The Kier molecular flexibility index (Phi) is 6.19. The van der Waals surface area contributed by atoms with Crippen molar-refractivity contribution in [2.24, 2.45) is 0 Å². The molecule has 7 nitrogen and oxygen atoms in total. The van der Waals surface area contributed by atoms with Crippen LogP contribution in [0, 0.1) is 0 Å². The van der Waals surface area contributed by atoms with Crippen molar-refractivity contribution in [1.29, 1.82) is 0 Å². The molecule has 0 spiro atoms. The van der Waals surface area contributed by atoms with Crippen molar-refractivity contribution in [3.8, 4) is 0 Å². The SMILES string of the molecule is C[C@H](NC(=O)/C=C/c1ccccc1)C(=O)OCCN1C(=O)c2ccccc2C1=O. The third-order valence-corrected chi connectivity index (χ3v) is 4.38. The van der Waals surface area contributed by atoms with Crippen LogP contribution in [0.5, 0.6) is 0 Å². The zero-order valence-corrected chi connectivity index (χ0v) is 15.8. The fourth-order valence-corrected chi connectivity index (χ4v) is 2.86. The van der Waals surface area contributed by atoms with Crippen LogP contribution in [0.2, 0.25) is 0 Å². The summed E-state index contributed by atoms with van der Waals surface area (Å²) in [7, 11) is 0. The number of esters is 1. The highest BCUT2D eigenvalue weighted by Gasteiger charge is 2.34. The summed E-state index contributed by atoms with van der Waals surface area (Å²) in [5.74, 6) is -1.90. The van der Waals surface area contributed by atoms with Crippen LogP contribution in [0.3, 0.4) is 0 Å². The van der Waals surface area contributed by atoms with Crippen LogP contribution in [-0.4, -0.2) is 47.8 Å². The second kappa shape index (κ2) is 8.97.